The van der Waals surface area contributed by atoms with E-state index in [0.29, 0.717) is 5.69 Å². The molecular formula is C21H20F3N3O4. The van der Waals surface area contributed by atoms with E-state index in [1.54, 1.807) is 31.3 Å². The Kier molecular flexibility index (Phi) is 6.47. The molecule has 1 aliphatic heterocycles. The van der Waals surface area contributed by atoms with E-state index >= 15 is 0 Å². The molecule has 1 fully saturated rings. The van der Waals surface area contributed by atoms with E-state index in [-0.39, 0.29) is 31.0 Å². The van der Waals surface area contributed by atoms with E-state index in [1.807, 2.05) is 0 Å². The Morgan fingerprint density at radius 3 is 2.52 bits per heavy atom. The number of likely N-dealkylation sites (N-methyl/N-ethyl adjacent to an activating group) is 1. The maximum atomic E-state index is 12.7. The molecule has 0 aliphatic carbocycles. The van der Waals surface area contributed by atoms with Crippen LogP contribution in [-0.4, -0.2) is 37.7 Å². The van der Waals surface area contributed by atoms with E-state index in [9.17, 15) is 27.6 Å². The Morgan fingerprint density at radius 2 is 1.87 bits per heavy atom. The fraction of sp³-hybridized carbons (Fsp3) is 0.286. The van der Waals surface area contributed by atoms with E-state index in [1.165, 1.54) is 17.0 Å². The summed E-state index contributed by atoms with van der Waals surface area (Å²) < 4.78 is 41.2. The number of benzene rings is 2. The highest BCUT2D eigenvalue weighted by Gasteiger charge is 2.38. The highest BCUT2D eigenvalue weighted by molar-refractivity contribution is 6.13. The number of carbonyl (C=O) groups is 3. The van der Waals surface area contributed by atoms with Crippen LogP contribution in [0.4, 0.5) is 24.5 Å². The number of amides is 3. The fourth-order valence-corrected chi connectivity index (χ4v) is 3.24. The Hall–Kier alpha value is -3.56. The molecule has 2 aromatic carbocycles. The van der Waals surface area contributed by atoms with Crippen LogP contribution >= 0.6 is 0 Å². The molecule has 1 heterocycles. The summed E-state index contributed by atoms with van der Waals surface area (Å²) in [6.45, 7) is 0.192. The van der Waals surface area contributed by atoms with Gasteiger partial charge in [-0.25, -0.2) is 0 Å². The van der Waals surface area contributed by atoms with E-state index < -0.39 is 29.8 Å². The molecule has 7 nitrogen and oxygen atoms in total. The lowest BCUT2D eigenvalue weighted by Crippen LogP contribution is -2.33. The second-order valence-electron chi connectivity index (χ2n) is 6.91. The molecule has 2 N–H and O–H groups in total. The van der Waals surface area contributed by atoms with Gasteiger partial charge in [0.05, 0.1) is 6.42 Å². The molecule has 0 radical (unpaired) electrons. The number of ether oxygens (including phenoxy) is 1. The molecule has 0 unspecified atom stereocenters. The molecule has 0 saturated carbocycles. The molecule has 1 saturated heterocycles. The average molecular weight is 435 g/mol. The lowest BCUT2D eigenvalue weighted by molar-refractivity contribution is -0.274. The molecule has 10 heteroatoms. The molecule has 1 aliphatic rings. The number of carbonyl (C=O) groups excluding carboxylic acids is 3. The van der Waals surface area contributed by atoms with Crippen LogP contribution in [-0.2, 0) is 20.8 Å². The second kappa shape index (κ2) is 9.07. The van der Waals surface area contributed by atoms with Crippen molar-refractivity contribution in [1.82, 2.24) is 5.32 Å². The van der Waals surface area contributed by atoms with Gasteiger partial charge in [0.25, 0.3) is 0 Å². The maximum Gasteiger partial charge on any atom is 0.573 e. The van der Waals surface area contributed by atoms with Crippen molar-refractivity contribution < 1.29 is 32.3 Å². The number of nitrogens with zero attached hydrogens (tertiary/aromatic N) is 1. The van der Waals surface area contributed by atoms with Gasteiger partial charge in [0.2, 0.25) is 17.7 Å². The largest absolute Gasteiger partial charge is 0.573 e. The van der Waals surface area contributed by atoms with Gasteiger partial charge in [-0.3, -0.25) is 14.4 Å². The summed E-state index contributed by atoms with van der Waals surface area (Å²) in [6, 6.07) is 11.7. The predicted molar refractivity (Wildman–Crippen MR) is 106 cm³/mol. The smallest absolute Gasteiger partial charge is 0.406 e. The van der Waals surface area contributed by atoms with Crippen LogP contribution in [0.15, 0.2) is 48.5 Å². The van der Waals surface area contributed by atoms with Gasteiger partial charge in [0, 0.05) is 31.0 Å². The quantitative estimate of drug-likeness (QED) is 0.683. The van der Waals surface area contributed by atoms with Crippen molar-refractivity contribution in [2.75, 3.05) is 23.8 Å². The first-order chi connectivity index (χ1) is 14.7. The predicted octanol–water partition coefficient (Wildman–Crippen LogP) is 2.87. The molecule has 2 aromatic rings. The molecular weight excluding hydrogens is 415 g/mol. The highest BCUT2D eigenvalue weighted by atomic mass is 19.4. The third-order valence-corrected chi connectivity index (χ3v) is 4.75. The summed E-state index contributed by atoms with van der Waals surface area (Å²) in [5.74, 6) is -2.55. The molecule has 31 heavy (non-hydrogen) atoms. The van der Waals surface area contributed by atoms with Crippen molar-refractivity contribution in [2.24, 2.45) is 5.92 Å². The van der Waals surface area contributed by atoms with Gasteiger partial charge in [-0.15, -0.1) is 13.2 Å². The van der Waals surface area contributed by atoms with Gasteiger partial charge < -0.3 is 20.3 Å². The van der Waals surface area contributed by atoms with Gasteiger partial charge in [0.1, 0.15) is 11.7 Å². The molecule has 3 amide bonds. The molecule has 3 rings (SSSR count). The lowest BCUT2D eigenvalue weighted by Gasteiger charge is -2.18. The Bertz CT molecular complexity index is 977. The number of rotatable bonds is 6. The minimum absolute atomic E-state index is 0.141. The molecule has 1 atom stereocenters. The zero-order valence-corrected chi connectivity index (χ0v) is 16.5. The van der Waals surface area contributed by atoms with Crippen molar-refractivity contribution in [3.63, 3.8) is 0 Å². The molecule has 164 valence electrons. The van der Waals surface area contributed by atoms with Crippen LogP contribution in [0.5, 0.6) is 5.75 Å². The first-order valence-corrected chi connectivity index (χ1v) is 9.44. The van der Waals surface area contributed by atoms with Crippen LogP contribution in [0.3, 0.4) is 0 Å². The van der Waals surface area contributed by atoms with Crippen molar-refractivity contribution in [1.29, 1.82) is 0 Å². The van der Waals surface area contributed by atoms with Crippen LogP contribution in [0.25, 0.3) is 0 Å². The standard InChI is InChI=1S/C21H20F3N3O4/c1-25-18(28)11-13-5-7-14(8-6-13)26-19(29)17-9-10-27(20(17)30)15-3-2-4-16(12-15)31-21(22,23)24/h2-8,12,17H,9-11H2,1H3,(H,25,28)(H,26,29)/t17-/m0/s1. The monoisotopic (exact) mass is 435 g/mol. The van der Waals surface area contributed by atoms with Gasteiger partial charge in [-0.2, -0.15) is 0 Å². The van der Waals surface area contributed by atoms with Gasteiger partial charge in [-0.05, 0) is 36.2 Å². The minimum atomic E-state index is -4.84. The zero-order valence-electron chi connectivity index (χ0n) is 16.5. The average Bonchev–Trinajstić information content (AvgIpc) is 3.09. The van der Waals surface area contributed by atoms with Crippen molar-refractivity contribution in [3.05, 3.63) is 54.1 Å². The van der Waals surface area contributed by atoms with Gasteiger partial charge >= 0.3 is 6.36 Å². The number of hydrogen-bond donors (Lipinski definition) is 2. The summed E-state index contributed by atoms with van der Waals surface area (Å²) in [5.41, 5.74) is 1.46. The topological polar surface area (TPSA) is 87.7 Å². The fourth-order valence-electron chi connectivity index (χ4n) is 3.24. The first-order valence-electron chi connectivity index (χ1n) is 9.44. The summed E-state index contributed by atoms with van der Waals surface area (Å²) in [4.78, 5) is 37.9. The van der Waals surface area contributed by atoms with E-state index in [0.717, 1.165) is 17.7 Å². The van der Waals surface area contributed by atoms with Gasteiger partial charge in [0.15, 0.2) is 0 Å². The van der Waals surface area contributed by atoms with Crippen LogP contribution < -0.4 is 20.3 Å². The highest BCUT2D eigenvalue weighted by Crippen LogP contribution is 2.31. The van der Waals surface area contributed by atoms with Crippen molar-refractivity contribution in [2.45, 2.75) is 19.2 Å². The minimum Gasteiger partial charge on any atom is -0.406 e. The SMILES string of the molecule is CNC(=O)Cc1ccc(NC(=O)[C@@H]2CCN(c3cccc(OC(F)(F)F)c3)C2=O)cc1. The Morgan fingerprint density at radius 1 is 1.16 bits per heavy atom. The molecule has 0 bridgehead atoms. The summed E-state index contributed by atoms with van der Waals surface area (Å²) in [6.07, 6.45) is -4.41. The van der Waals surface area contributed by atoms with Crippen molar-refractivity contribution in [3.8, 4) is 5.75 Å². The van der Waals surface area contributed by atoms with Crippen LogP contribution in [0.1, 0.15) is 12.0 Å². The summed E-state index contributed by atoms with van der Waals surface area (Å²) in [5, 5.41) is 5.18. The zero-order chi connectivity index (χ0) is 22.6. The number of halogens is 3. The molecule has 0 spiro atoms. The summed E-state index contributed by atoms with van der Waals surface area (Å²) in [7, 11) is 1.54. The van der Waals surface area contributed by atoms with E-state index in [2.05, 4.69) is 15.4 Å². The van der Waals surface area contributed by atoms with Crippen molar-refractivity contribution >= 4 is 29.1 Å². The normalized spacial score (nSPS) is 16.2. The van der Waals surface area contributed by atoms with Crippen LogP contribution in [0, 0.1) is 5.92 Å². The first kappa shape index (κ1) is 22.1. The Labute approximate surface area is 176 Å². The van der Waals surface area contributed by atoms with Gasteiger partial charge in [-0.1, -0.05) is 18.2 Å². The summed E-state index contributed by atoms with van der Waals surface area (Å²) >= 11 is 0. The van der Waals surface area contributed by atoms with E-state index in [4.69, 9.17) is 0 Å². The Balaban J connectivity index is 1.64. The third kappa shape index (κ3) is 5.74. The maximum absolute atomic E-state index is 12.7. The third-order valence-electron chi connectivity index (χ3n) is 4.75. The second-order valence-corrected chi connectivity index (χ2v) is 6.91. The lowest BCUT2D eigenvalue weighted by atomic mass is 10.1. The molecule has 0 aromatic heterocycles. The number of alkyl halides is 3. The van der Waals surface area contributed by atoms with Crippen LogP contribution in [0.2, 0.25) is 0 Å². The number of hydrogen-bond acceptors (Lipinski definition) is 4. The number of anilines is 2. The number of nitrogens with one attached hydrogen (secondary N) is 2.